The molecule has 0 aliphatic rings. The standard InChI is InChI=1S/C26H28N4O4/c1-4-29-17-27-24-20(18-10-8-7-9-11-18)15-30(25(24)26(29)32)16-23(31)28-21-14-19(33-5-2)12-13-22(21)34-6-3/h7-15,17H,4-6,16H2,1-3H3,(H,28,31). The highest BCUT2D eigenvalue weighted by atomic mass is 16.5. The fraction of sp³-hybridized carbons (Fsp3) is 0.269. The lowest BCUT2D eigenvalue weighted by molar-refractivity contribution is -0.116. The molecule has 4 rings (SSSR count). The third-order valence-electron chi connectivity index (χ3n) is 5.42. The van der Waals surface area contributed by atoms with Crippen LogP contribution < -0.4 is 20.3 Å². The normalized spacial score (nSPS) is 10.9. The number of benzene rings is 2. The highest BCUT2D eigenvalue weighted by Gasteiger charge is 2.18. The fourth-order valence-electron chi connectivity index (χ4n) is 3.88. The Labute approximate surface area is 197 Å². The maximum Gasteiger partial charge on any atom is 0.277 e. The summed E-state index contributed by atoms with van der Waals surface area (Å²) in [7, 11) is 0. The van der Waals surface area contributed by atoms with Gasteiger partial charge in [-0.15, -0.1) is 0 Å². The number of aromatic nitrogens is 3. The maximum atomic E-state index is 13.2. The molecule has 2 aromatic heterocycles. The van der Waals surface area contributed by atoms with Crippen LogP contribution in [-0.4, -0.2) is 33.2 Å². The van der Waals surface area contributed by atoms with Crippen LogP contribution in [0.1, 0.15) is 20.8 Å². The van der Waals surface area contributed by atoms with Crippen LogP contribution in [0.2, 0.25) is 0 Å². The van der Waals surface area contributed by atoms with Crippen LogP contribution in [-0.2, 0) is 17.9 Å². The van der Waals surface area contributed by atoms with E-state index in [1.807, 2.05) is 57.3 Å². The van der Waals surface area contributed by atoms with Gasteiger partial charge in [-0.2, -0.15) is 0 Å². The Balaban J connectivity index is 1.72. The van der Waals surface area contributed by atoms with Crippen molar-refractivity contribution in [3.05, 3.63) is 71.4 Å². The first kappa shape index (κ1) is 23.1. The van der Waals surface area contributed by atoms with E-state index < -0.39 is 0 Å². The molecular weight excluding hydrogens is 432 g/mol. The van der Waals surface area contributed by atoms with Gasteiger partial charge in [0.2, 0.25) is 5.91 Å². The van der Waals surface area contributed by atoms with Gasteiger partial charge in [-0.05, 0) is 38.5 Å². The van der Waals surface area contributed by atoms with Gasteiger partial charge in [-0.1, -0.05) is 30.3 Å². The molecule has 8 heteroatoms. The molecule has 0 fully saturated rings. The molecule has 0 bridgehead atoms. The molecule has 0 aliphatic heterocycles. The lowest BCUT2D eigenvalue weighted by Gasteiger charge is -2.14. The molecule has 0 saturated carbocycles. The Morgan fingerprint density at radius 3 is 2.47 bits per heavy atom. The van der Waals surface area contributed by atoms with Crippen molar-refractivity contribution in [1.29, 1.82) is 0 Å². The molecule has 0 spiro atoms. The van der Waals surface area contributed by atoms with Gasteiger partial charge in [0.1, 0.15) is 29.1 Å². The maximum absolute atomic E-state index is 13.2. The summed E-state index contributed by atoms with van der Waals surface area (Å²) in [4.78, 5) is 30.8. The Morgan fingerprint density at radius 1 is 1.00 bits per heavy atom. The minimum atomic E-state index is -0.294. The average molecular weight is 461 g/mol. The molecule has 0 aliphatic carbocycles. The fourth-order valence-corrected chi connectivity index (χ4v) is 3.88. The van der Waals surface area contributed by atoms with E-state index in [-0.39, 0.29) is 18.0 Å². The minimum Gasteiger partial charge on any atom is -0.494 e. The number of fused-ring (bicyclic) bond motifs is 1. The van der Waals surface area contributed by atoms with Gasteiger partial charge < -0.3 is 19.4 Å². The molecule has 0 saturated heterocycles. The average Bonchev–Trinajstić information content (AvgIpc) is 3.20. The summed E-state index contributed by atoms with van der Waals surface area (Å²) in [6.45, 7) is 7.06. The first-order chi connectivity index (χ1) is 16.5. The number of ether oxygens (including phenoxy) is 2. The predicted octanol–water partition coefficient (Wildman–Crippen LogP) is 4.32. The largest absolute Gasteiger partial charge is 0.494 e. The van der Waals surface area contributed by atoms with Crippen molar-refractivity contribution in [3.8, 4) is 22.6 Å². The lowest BCUT2D eigenvalue weighted by Crippen LogP contribution is -2.24. The highest BCUT2D eigenvalue weighted by molar-refractivity contribution is 5.96. The summed E-state index contributed by atoms with van der Waals surface area (Å²) in [5, 5.41) is 2.91. The Morgan fingerprint density at radius 2 is 1.76 bits per heavy atom. The number of amides is 1. The number of rotatable bonds is 9. The van der Waals surface area contributed by atoms with Gasteiger partial charge in [0.25, 0.3) is 5.56 Å². The summed E-state index contributed by atoms with van der Waals surface area (Å²) in [6, 6.07) is 15.0. The molecule has 0 atom stereocenters. The smallest absolute Gasteiger partial charge is 0.277 e. The first-order valence-corrected chi connectivity index (χ1v) is 11.4. The zero-order valence-electron chi connectivity index (χ0n) is 19.6. The zero-order valence-corrected chi connectivity index (χ0v) is 19.6. The van der Waals surface area contributed by atoms with E-state index in [1.54, 1.807) is 29.1 Å². The topological polar surface area (TPSA) is 87.4 Å². The summed E-state index contributed by atoms with van der Waals surface area (Å²) in [6.07, 6.45) is 3.36. The third-order valence-corrected chi connectivity index (χ3v) is 5.42. The molecule has 0 unspecified atom stereocenters. The van der Waals surface area contributed by atoms with E-state index in [0.717, 1.165) is 11.1 Å². The van der Waals surface area contributed by atoms with Gasteiger partial charge in [0, 0.05) is 24.4 Å². The van der Waals surface area contributed by atoms with E-state index in [1.165, 1.54) is 4.57 Å². The number of aryl methyl sites for hydroxylation is 1. The van der Waals surface area contributed by atoms with Crippen LogP contribution in [0.15, 0.2) is 65.8 Å². The summed E-state index contributed by atoms with van der Waals surface area (Å²) in [5.41, 5.74) is 3.03. The van der Waals surface area contributed by atoms with Gasteiger partial charge in [0.15, 0.2) is 0 Å². The van der Waals surface area contributed by atoms with Gasteiger partial charge in [0.05, 0.1) is 25.2 Å². The Kier molecular flexibility index (Phi) is 6.96. The van der Waals surface area contributed by atoms with Crippen LogP contribution in [0, 0.1) is 0 Å². The molecule has 8 nitrogen and oxygen atoms in total. The second-order valence-corrected chi connectivity index (χ2v) is 7.64. The highest BCUT2D eigenvalue weighted by Crippen LogP contribution is 2.30. The second-order valence-electron chi connectivity index (χ2n) is 7.64. The monoisotopic (exact) mass is 460 g/mol. The van der Waals surface area contributed by atoms with Crippen molar-refractivity contribution in [1.82, 2.24) is 14.1 Å². The van der Waals surface area contributed by atoms with Crippen LogP contribution >= 0.6 is 0 Å². The quantitative estimate of drug-likeness (QED) is 0.402. The van der Waals surface area contributed by atoms with Gasteiger partial charge in [-0.25, -0.2) is 4.98 Å². The van der Waals surface area contributed by atoms with Crippen LogP contribution in [0.4, 0.5) is 5.69 Å². The van der Waals surface area contributed by atoms with E-state index in [9.17, 15) is 9.59 Å². The number of nitrogens with one attached hydrogen (secondary N) is 1. The van der Waals surface area contributed by atoms with E-state index >= 15 is 0 Å². The molecule has 1 amide bonds. The molecule has 4 aromatic rings. The predicted molar refractivity (Wildman–Crippen MR) is 133 cm³/mol. The zero-order chi connectivity index (χ0) is 24.1. The van der Waals surface area contributed by atoms with Crippen molar-refractivity contribution in [2.24, 2.45) is 0 Å². The lowest BCUT2D eigenvalue weighted by atomic mass is 10.1. The van der Waals surface area contributed by atoms with Crippen LogP contribution in [0.3, 0.4) is 0 Å². The number of anilines is 1. The van der Waals surface area contributed by atoms with Gasteiger partial charge >= 0.3 is 0 Å². The second kappa shape index (κ2) is 10.2. The number of carbonyl (C=O) groups excluding carboxylic acids is 1. The van der Waals surface area contributed by atoms with Crippen molar-refractivity contribution in [2.45, 2.75) is 33.9 Å². The van der Waals surface area contributed by atoms with Gasteiger partial charge in [-0.3, -0.25) is 14.2 Å². The number of hydrogen-bond acceptors (Lipinski definition) is 5. The summed E-state index contributed by atoms with van der Waals surface area (Å²) >= 11 is 0. The first-order valence-electron chi connectivity index (χ1n) is 11.4. The van der Waals surface area contributed by atoms with Crippen molar-refractivity contribution in [2.75, 3.05) is 18.5 Å². The molecule has 0 radical (unpaired) electrons. The summed E-state index contributed by atoms with van der Waals surface area (Å²) < 4.78 is 14.4. The van der Waals surface area contributed by atoms with Crippen molar-refractivity contribution < 1.29 is 14.3 Å². The van der Waals surface area contributed by atoms with Crippen LogP contribution in [0.5, 0.6) is 11.5 Å². The molecule has 34 heavy (non-hydrogen) atoms. The number of hydrogen-bond donors (Lipinski definition) is 1. The Bertz CT molecular complexity index is 1360. The van der Waals surface area contributed by atoms with E-state index in [0.29, 0.717) is 48.0 Å². The summed E-state index contributed by atoms with van der Waals surface area (Å²) in [5.74, 6) is 0.892. The molecule has 1 N–H and O–H groups in total. The third kappa shape index (κ3) is 4.66. The van der Waals surface area contributed by atoms with Crippen molar-refractivity contribution in [3.63, 3.8) is 0 Å². The Hall–Kier alpha value is -4.07. The SMILES string of the molecule is CCOc1ccc(OCC)c(NC(=O)Cn2cc(-c3ccccc3)c3ncn(CC)c(=O)c32)c1. The van der Waals surface area contributed by atoms with E-state index in [4.69, 9.17) is 9.47 Å². The molecule has 2 heterocycles. The van der Waals surface area contributed by atoms with E-state index in [2.05, 4.69) is 10.3 Å². The molecular formula is C26H28N4O4. The molecule has 176 valence electrons. The van der Waals surface area contributed by atoms with Crippen LogP contribution in [0.25, 0.3) is 22.2 Å². The molecule has 2 aromatic carbocycles. The van der Waals surface area contributed by atoms with Crippen molar-refractivity contribution >= 4 is 22.6 Å². The number of carbonyl (C=O) groups is 1. The number of nitrogens with zero attached hydrogens (tertiary/aromatic N) is 3. The minimum absolute atomic E-state index is 0.0571.